The molecular formula is C15H19N5O2. The first kappa shape index (κ1) is 13.4. The molecule has 0 radical (unpaired) electrons. The molecule has 2 aromatic heterocycles. The highest BCUT2D eigenvalue weighted by molar-refractivity contribution is 5.95. The molecule has 22 heavy (non-hydrogen) atoms. The summed E-state index contributed by atoms with van der Waals surface area (Å²) in [6.45, 7) is 1.40. The van der Waals surface area contributed by atoms with E-state index in [4.69, 9.17) is 0 Å². The minimum absolute atomic E-state index is 0.122. The number of hydrogen-bond donors (Lipinski definition) is 3. The van der Waals surface area contributed by atoms with Crippen molar-refractivity contribution in [1.82, 2.24) is 25.1 Å². The van der Waals surface area contributed by atoms with Crippen LogP contribution in [-0.2, 0) is 0 Å². The average Bonchev–Trinajstić information content (AvgIpc) is 3.10. The van der Waals surface area contributed by atoms with Crippen LogP contribution in [0.15, 0.2) is 17.1 Å². The van der Waals surface area contributed by atoms with E-state index in [-0.39, 0.29) is 17.5 Å². The third kappa shape index (κ3) is 2.36. The Kier molecular flexibility index (Phi) is 3.13. The molecular weight excluding hydrogens is 282 g/mol. The zero-order valence-corrected chi connectivity index (χ0v) is 12.3. The quantitative estimate of drug-likeness (QED) is 0.797. The summed E-state index contributed by atoms with van der Waals surface area (Å²) >= 11 is 0. The van der Waals surface area contributed by atoms with Gasteiger partial charge in [-0.05, 0) is 37.7 Å². The lowest BCUT2D eigenvalue weighted by Gasteiger charge is -2.31. The van der Waals surface area contributed by atoms with Gasteiger partial charge in [0.05, 0.1) is 5.56 Å². The minimum atomic E-state index is -0.269. The van der Waals surface area contributed by atoms with Crippen molar-refractivity contribution >= 4 is 5.91 Å². The van der Waals surface area contributed by atoms with Gasteiger partial charge in [-0.2, -0.15) is 5.10 Å². The third-order valence-corrected chi connectivity index (χ3v) is 4.68. The van der Waals surface area contributed by atoms with E-state index >= 15 is 0 Å². The Morgan fingerprint density at radius 3 is 2.59 bits per heavy atom. The second-order valence-electron chi connectivity index (χ2n) is 6.21. The molecule has 0 bridgehead atoms. The number of piperidine rings is 1. The molecule has 2 aliphatic rings. The topological polar surface area (TPSA) is 97.6 Å². The van der Waals surface area contributed by atoms with Gasteiger partial charge in [0.2, 0.25) is 0 Å². The fourth-order valence-electron chi connectivity index (χ4n) is 3.28. The van der Waals surface area contributed by atoms with Gasteiger partial charge < -0.3 is 9.88 Å². The van der Waals surface area contributed by atoms with Crippen molar-refractivity contribution < 1.29 is 4.79 Å². The number of carbonyl (C=O) groups excluding carboxylic acids is 1. The molecule has 3 N–H and O–H groups in total. The molecule has 0 spiro atoms. The lowest BCUT2D eigenvalue weighted by atomic mass is 9.95. The maximum atomic E-state index is 12.7. The Bertz CT molecular complexity index is 731. The number of rotatable bonds is 3. The summed E-state index contributed by atoms with van der Waals surface area (Å²) in [4.78, 5) is 31.7. The number of aromatic nitrogens is 4. The maximum absolute atomic E-state index is 12.7. The van der Waals surface area contributed by atoms with Crippen molar-refractivity contribution in [3.63, 3.8) is 0 Å². The lowest BCUT2D eigenvalue weighted by molar-refractivity contribution is 0.0710. The molecule has 7 nitrogen and oxygen atoms in total. The summed E-state index contributed by atoms with van der Waals surface area (Å²) in [5, 5.41) is 6.41. The van der Waals surface area contributed by atoms with Gasteiger partial charge in [-0.3, -0.25) is 9.78 Å². The molecule has 1 saturated carbocycles. The van der Waals surface area contributed by atoms with Crippen molar-refractivity contribution in [3.05, 3.63) is 39.8 Å². The molecule has 4 rings (SSSR count). The first-order valence-corrected chi connectivity index (χ1v) is 7.83. The molecule has 7 heteroatoms. The van der Waals surface area contributed by atoms with Gasteiger partial charge in [0.1, 0.15) is 5.82 Å². The monoisotopic (exact) mass is 301 g/mol. The molecule has 2 fully saturated rings. The van der Waals surface area contributed by atoms with Crippen LogP contribution in [0, 0.1) is 0 Å². The van der Waals surface area contributed by atoms with E-state index in [9.17, 15) is 9.59 Å². The van der Waals surface area contributed by atoms with Gasteiger partial charge in [-0.15, -0.1) is 0 Å². The lowest BCUT2D eigenvalue weighted by Crippen LogP contribution is -2.38. The fourth-order valence-corrected chi connectivity index (χ4v) is 3.28. The van der Waals surface area contributed by atoms with Crippen LogP contribution in [0.3, 0.4) is 0 Å². The highest BCUT2D eigenvalue weighted by Crippen LogP contribution is 2.41. The first-order chi connectivity index (χ1) is 10.7. The number of aromatic amines is 3. The molecule has 3 heterocycles. The van der Waals surface area contributed by atoms with Gasteiger partial charge in [-0.1, -0.05) is 0 Å². The van der Waals surface area contributed by atoms with Gasteiger partial charge in [0.25, 0.3) is 5.91 Å². The second kappa shape index (κ2) is 5.15. The van der Waals surface area contributed by atoms with E-state index in [0.29, 0.717) is 24.8 Å². The Labute approximate surface area is 127 Å². The smallest absolute Gasteiger partial charge is 0.340 e. The van der Waals surface area contributed by atoms with Crippen LogP contribution in [0.2, 0.25) is 0 Å². The maximum Gasteiger partial charge on any atom is 0.340 e. The largest absolute Gasteiger partial charge is 0.364 e. The van der Waals surface area contributed by atoms with Gasteiger partial charge in [-0.25, -0.2) is 9.89 Å². The number of nitrogens with one attached hydrogen (secondary N) is 3. The molecule has 1 aliphatic heterocycles. The Morgan fingerprint density at radius 1 is 1.18 bits per heavy atom. The normalized spacial score (nSPS) is 19.5. The van der Waals surface area contributed by atoms with Gasteiger partial charge >= 0.3 is 5.69 Å². The summed E-state index contributed by atoms with van der Waals surface area (Å²) in [6.07, 6.45) is 5.87. The van der Waals surface area contributed by atoms with E-state index in [1.807, 2.05) is 17.2 Å². The summed E-state index contributed by atoms with van der Waals surface area (Å²) in [5.41, 5.74) is 1.66. The summed E-state index contributed by atoms with van der Waals surface area (Å²) < 4.78 is 0. The van der Waals surface area contributed by atoms with E-state index < -0.39 is 0 Å². The Morgan fingerprint density at radius 2 is 1.95 bits per heavy atom. The van der Waals surface area contributed by atoms with Crippen molar-refractivity contribution in [1.29, 1.82) is 0 Å². The summed E-state index contributed by atoms with van der Waals surface area (Å²) in [6, 6.07) is 1.90. The fraction of sp³-hybridized carbons (Fsp3) is 0.533. The molecule has 2 aromatic rings. The van der Waals surface area contributed by atoms with E-state index in [2.05, 4.69) is 20.2 Å². The zero-order valence-electron chi connectivity index (χ0n) is 12.3. The Hall–Kier alpha value is -2.31. The number of amides is 1. The van der Waals surface area contributed by atoms with Crippen molar-refractivity contribution in [2.75, 3.05) is 13.1 Å². The number of H-pyrrole nitrogens is 3. The number of hydrogen-bond acceptors (Lipinski definition) is 3. The Balaban J connectivity index is 1.43. The van der Waals surface area contributed by atoms with Crippen LogP contribution >= 0.6 is 0 Å². The zero-order chi connectivity index (χ0) is 15.1. The van der Waals surface area contributed by atoms with Crippen LogP contribution in [0.25, 0.3) is 0 Å². The predicted octanol–water partition coefficient (Wildman–Crippen LogP) is 1.32. The summed E-state index contributed by atoms with van der Waals surface area (Å²) in [5.74, 6) is 1.59. The predicted molar refractivity (Wildman–Crippen MR) is 79.9 cm³/mol. The number of nitrogens with zero attached hydrogens (tertiary/aromatic N) is 2. The molecule has 0 aromatic carbocycles. The van der Waals surface area contributed by atoms with Gasteiger partial charge in [0.15, 0.2) is 0 Å². The standard InChI is InChI=1S/C15H19N5O2/c21-14(11-3-6-16-12(11)9-1-2-9)20-7-4-10(5-8-20)13-17-15(22)19-18-13/h3,6,9-10,16H,1-2,4-5,7-8H2,(H2,17,18,19,22). The van der Waals surface area contributed by atoms with Crippen LogP contribution < -0.4 is 5.69 Å². The van der Waals surface area contributed by atoms with Gasteiger partial charge in [0, 0.05) is 30.9 Å². The second-order valence-corrected chi connectivity index (χ2v) is 6.21. The van der Waals surface area contributed by atoms with E-state index in [1.165, 1.54) is 12.8 Å². The van der Waals surface area contributed by atoms with Crippen LogP contribution in [-0.4, -0.2) is 44.1 Å². The summed E-state index contributed by atoms with van der Waals surface area (Å²) in [7, 11) is 0. The van der Waals surface area contributed by atoms with Crippen LogP contribution in [0.4, 0.5) is 0 Å². The number of likely N-dealkylation sites (tertiary alicyclic amines) is 1. The average molecular weight is 301 g/mol. The third-order valence-electron chi connectivity index (χ3n) is 4.68. The minimum Gasteiger partial charge on any atom is -0.364 e. The van der Waals surface area contributed by atoms with Crippen LogP contribution in [0.1, 0.15) is 59.4 Å². The molecule has 1 aliphatic carbocycles. The molecule has 0 unspecified atom stereocenters. The van der Waals surface area contributed by atoms with Crippen LogP contribution in [0.5, 0.6) is 0 Å². The molecule has 116 valence electrons. The van der Waals surface area contributed by atoms with E-state index in [0.717, 1.165) is 24.1 Å². The molecule has 1 saturated heterocycles. The first-order valence-electron chi connectivity index (χ1n) is 7.83. The highest BCUT2D eigenvalue weighted by Gasteiger charge is 2.32. The van der Waals surface area contributed by atoms with E-state index in [1.54, 1.807) is 0 Å². The molecule has 1 amide bonds. The molecule has 0 atom stereocenters. The SMILES string of the molecule is O=C(c1cc[nH]c1C1CC1)N1CCC(c2n[nH]c(=O)[nH]2)CC1. The number of carbonyl (C=O) groups is 1. The highest BCUT2D eigenvalue weighted by atomic mass is 16.2. The van der Waals surface area contributed by atoms with Crippen molar-refractivity contribution in [2.24, 2.45) is 0 Å². The van der Waals surface area contributed by atoms with Crippen molar-refractivity contribution in [2.45, 2.75) is 37.5 Å². The van der Waals surface area contributed by atoms with Crippen molar-refractivity contribution in [3.8, 4) is 0 Å².